The van der Waals surface area contributed by atoms with E-state index < -0.39 is 17.3 Å². The molecule has 1 heterocycles. The number of benzene rings is 1. The van der Waals surface area contributed by atoms with Crippen LogP contribution in [-0.4, -0.2) is 22.1 Å². The van der Waals surface area contributed by atoms with Crippen LogP contribution in [0.5, 0.6) is 5.75 Å². The summed E-state index contributed by atoms with van der Waals surface area (Å²) < 4.78 is 46.0. The number of nitrogens with two attached hydrogens (primary N) is 1. The Morgan fingerprint density at radius 2 is 1.88 bits per heavy atom. The van der Waals surface area contributed by atoms with Crippen molar-refractivity contribution in [2.45, 2.75) is 45.8 Å². The van der Waals surface area contributed by atoms with Crippen LogP contribution in [0.4, 0.5) is 13.2 Å². The van der Waals surface area contributed by atoms with Crippen molar-refractivity contribution in [1.29, 1.82) is 0 Å². The van der Waals surface area contributed by atoms with Crippen molar-refractivity contribution in [3.05, 3.63) is 41.9 Å². The molecule has 0 unspecified atom stereocenters. The molecule has 26 heavy (non-hydrogen) atoms. The third kappa shape index (κ3) is 5.42. The van der Waals surface area contributed by atoms with Gasteiger partial charge in [0.15, 0.2) is 0 Å². The quantitative estimate of drug-likeness (QED) is 0.810. The maximum absolute atomic E-state index is 13.5. The molecule has 0 saturated heterocycles. The Morgan fingerprint density at radius 3 is 2.46 bits per heavy atom. The minimum absolute atomic E-state index is 0.000220. The predicted octanol–water partition coefficient (Wildman–Crippen LogP) is 4.61. The summed E-state index contributed by atoms with van der Waals surface area (Å²) in [5.41, 5.74) is 5.37. The number of ether oxygens (including phenoxy) is 1. The molecule has 1 atom stereocenters. The zero-order valence-corrected chi connectivity index (χ0v) is 15.4. The van der Waals surface area contributed by atoms with E-state index in [1.54, 1.807) is 26.0 Å². The number of nitrogens with zero attached hydrogens (tertiary/aromatic N) is 2. The Kier molecular flexibility index (Phi) is 5.91. The summed E-state index contributed by atoms with van der Waals surface area (Å²) in [7, 11) is 0. The molecule has 1 aromatic carbocycles. The lowest BCUT2D eigenvalue weighted by Gasteiger charge is -2.27. The molecule has 2 aromatic rings. The van der Waals surface area contributed by atoms with Gasteiger partial charge >= 0.3 is 6.18 Å². The first-order valence-corrected chi connectivity index (χ1v) is 8.41. The van der Waals surface area contributed by atoms with Crippen molar-refractivity contribution in [3.8, 4) is 17.0 Å². The molecule has 0 saturated carbocycles. The lowest BCUT2D eigenvalue weighted by molar-refractivity contribution is -0.139. The van der Waals surface area contributed by atoms with Gasteiger partial charge in [0.1, 0.15) is 18.2 Å². The molecule has 0 aliphatic rings. The maximum Gasteiger partial charge on any atom is 0.419 e. The molecule has 0 fully saturated rings. The molecule has 0 spiro atoms. The van der Waals surface area contributed by atoms with Crippen LogP contribution in [0.1, 0.15) is 38.6 Å². The zero-order valence-electron chi connectivity index (χ0n) is 15.4. The zero-order chi connectivity index (χ0) is 19.5. The lowest BCUT2D eigenvalue weighted by Crippen LogP contribution is -2.43. The smallest absolute Gasteiger partial charge is 0.419 e. The molecular formula is C19H24F3N3O. The molecule has 0 radical (unpaired) electrons. The SMILES string of the molecule is Cc1nccc(-c2ccc(OC[C@@](C)(N)CC(C)C)c(C(F)(F)F)c2)n1. The number of rotatable bonds is 6. The second kappa shape index (κ2) is 7.61. The minimum Gasteiger partial charge on any atom is -0.491 e. The summed E-state index contributed by atoms with van der Waals surface area (Å²) in [6.45, 7) is 7.47. The average Bonchev–Trinajstić information content (AvgIpc) is 2.51. The van der Waals surface area contributed by atoms with E-state index >= 15 is 0 Å². The third-order valence-electron chi connectivity index (χ3n) is 3.79. The summed E-state index contributed by atoms with van der Waals surface area (Å²) in [4.78, 5) is 8.14. The summed E-state index contributed by atoms with van der Waals surface area (Å²) >= 11 is 0. The summed E-state index contributed by atoms with van der Waals surface area (Å²) in [6, 6.07) is 5.50. The van der Waals surface area contributed by atoms with E-state index in [1.807, 2.05) is 13.8 Å². The molecule has 2 rings (SSSR count). The number of halogens is 3. The molecular weight excluding hydrogens is 343 g/mol. The highest BCUT2D eigenvalue weighted by atomic mass is 19.4. The molecule has 0 aliphatic carbocycles. The van der Waals surface area contributed by atoms with Crippen LogP contribution in [0.25, 0.3) is 11.3 Å². The van der Waals surface area contributed by atoms with Crippen LogP contribution in [0.15, 0.2) is 30.5 Å². The van der Waals surface area contributed by atoms with Crippen LogP contribution in [0.3, 0.4) is 0 Å². The fraction of sp³-hybridized carbons (Fsp3) is 0.474. The monoisotopic (exact) mass is 367 g/mol. The van der Waals surface area contributed by atoms with Gasteiger partial charge in [-0.25, -0.2) is 9.97 Å². The molecule has 142 valence electrons. The number of alkyl halides is 3. The molecule has 0 aliphatic heterocycles. The normalized spacial score (nSPS) is 14.3. The number of aryl methyl sites for hydroxylation is 1. The average molecular weight is 367 g/mol. The van der Waals surface area contributed by atoms with Crippen molar-refractivity contribution in [1.82, 2.24) is 9.97 Å². The van der Waals surface area contributed by atoms with E-state index in [2.05, 4.69) is 9.97 Å². The van der Waals surface area contributed by atoms with Gasteiger partial charge in [-0.3, -0.25) is 0 Å². The topological polar surface area (TPSA) is 61.0 Å². The molecule has 4 nitrogen and oxygen atoms in total. The fourth-order valence-corrected chi connectivity index (χ4v) is 2.89. The van der Waals surface area contributed by atoms with Gasteiger partial charge in [0.05, 0.1) is 11.3 Å². The van der Waals surface area contributed by atoms with Crippen LogP contribution in [-0.2, 0) is 6.18 Å². The lowest BCUT2D eigenvalue weighted by atomic mass is 9.93. The van der Waals surface area contributed by atoms with Gasteiger partial charge in [-0.05, 0) is 50.5 Å². The van der Waals surface area contributed by atoms with Crippen molar-refractivity contribution < 1.29 is 17.9 Å². The van der Waals surface area contributed by atoms with Crippen LogP contribution in [0, 0.1) is 12.8 Å². The molecule has 0 bridgehead atoms. The van der Waals surface area contributed by atoms with E-state index in [-0.39, 0.29) is 12.4 Å². The second-order valence-electron chi connectivity index (χ2n) is 7.24. The minimum atomic E-state index is -4.55. The van der Waals surface area contributed by atoms with E-state index in [9.17, 15) is 13.2 Å². The third-order valence-corrected chi connectivity index (χ3v) is 3.79. The first-order chi connectivity index (χ1) is 12.0. The highest BCUT2D eigenvalue weighted by molar-refractivity contribution is 5.62. The number of hydrogen-bond acceptors (Lipinski definition) is 4. The Hall–Kier alpha value is -2.15. The van der Waals surface area contributed by atoms with Crippen molar-refractivity contribution in [3.63, 3.8) is 0 Å². The van der Waals surface area contributed by atoms with Gasteiger partial charge in [-0.15, -0.1) is 0 Å². The Balaban J connectivity index is 2.32. The highest BCUT2D eigenvalue weighted by Gasteiger charge is 2.35. The predicted molar refractivity (Wildman–Crippen MR) is 94.7 cm³/mol. The standard InChI is InChI=1S/C19H24F3N3O/c1-12(2)10-18(4,23)11-26-17-6-5-14(9-15(17)19(20,21)22)16-7-8-24-13(3)25-16/h5-9,12H,10-11,23H2,1-4H3/t18-/m0/s1. The molecule has 2 N–H and O–H groups in total. The van der Waals surface area contributed by atoms with Gasteiger partial charge in [0.2, 0.25) is 0 Å². The second-order valence-corrected chi connectivity index (χ2v) is 7.24. The van der Waals surface area contributed by atoms with Crippen LogP contribution >= 0.6 is 0 Å². The van der Waals surface area contributed by atoms with Crippen molar-refractivity contribution >= 4 is 0 Å². The van der Waals surface area contributed by atoms with E-state index in [1.165, 1.54) is 12.3 Å². The van der Waals surface area contributed by atoms with Gasteiger partial charge in [-0.2, -0.15) is 13.2 Å². The number of hydrogen-bond donors (Lipinski definition) is 1. The Bertz CT molecular complexity index is 758. The first kappa shape index (κ1) is 20.2. The summed E-state index contributed by atoms with van der Waals surface area (Å²) in [5.74, 6) is 0.579. The van der Waals surface area contributed by atoms with Gasteiger partial charge < -0.3 is 10.5 Å². The first-order valence-electron chi connectivity index (χ1n) is 8.41. The van der Waals surface area contributed by atoms with Crippen molar-refractivity contribution in [2.75, 3.05) is 6.61 Å². The summed E-state index contributed by atoms with van der Waals surface area (Å²) in [6.07, 6.45) is -2.38. The number of aromatic nitrogens is 2. The Labute approximate surface area is 151 Å². The van der Waals surface area contributed by atoms with Crippen LogP contribution in [0.2, 0.25) is 0 Å². The van der Waals surface area contributed by atoms with E-state index in [4.69, 9.17) is 10.5 Å². The summed E-state index contributed by atoms with van der Waals surface area (Å²) in [5, 5.41) is 0. The Morgan fingerprint density at radius 1 is 1.19 bits per heavy atom. The van der Waals surface area contributed by atoms with E-state index in [0.717, 1.165) is 6.07 Å². The molecule has 1 aromatic heterocycles. The maximum atomic E-state index is 13.5. The van der Waals surface area contributed by atoms with Gasteiger partial charge in [0, 0.05) is 17.3 Å². The van der Waals surface area contributed by atoms with Crippen LogP contribution < -0.4 is 10.5 Å². The molecule has 7 heteroatoms. The van der Waals surface area contributed by atoms with E-state index in [0.29, 0.717) is 29.4 Å². The largest absolute Gasteiger partial charge is 0.491 e. The van der Waals surface area contributed by atoms with Gasteiger partial charge in [0.25, 0.3) is 0 Å². The molecule has 0 amide bonds. The highest BCUT2D eigenvalue weighted by Crippen LogP contribution is 2.38. The van der Waals surface area contributed by atoms with Crippen molar-refractivity contribution in [2.24, 2.45) is 11.7 Å². The fourth-order valence-electron chi connectivity index (χ4n) is 2.89. The van der Waals surface area contributed by atoms with Gasteiger partial charge in [-0.1, -0.05) is 13.8 Å².